The molecule has 0 aromatic heterocycles. The fraction of sp³-hybridized carbons (Fsp3) is 0.286. The van der Waals surface area contributed by atoms with Gasteiger partial charge in [-0.3, -0.25) is 14.4 Å². The second-order valence-corrected chi connectivity index (χ2v) is 11.1. The Morgan fingerprint density at radius 1 is 0.973 bits per heavy atom. The number of hydrogen-bond donors (Lipinski definition) is 2. The Labute approximate surface area is 223 Å². The molecule has 1 amide bonds. The number of nitrogens with one attached hydrogen (secondary N) is 2. The van der Waals surface area contributed by atoms with Crippen LogP contribution in [0, 0.1) is 0 Å². The number of benzene rings is 3. The number of ether oxygens (including phenoxy) is 1. The van der Waals surface area contributed by atoms with Gasteiger partial charge in [0.15, 0.2) is 5.11 Å². The fourth-order valence-corrected chi connectivity index (χ4v) is 5.87. The normalized spacial score (nSPS) is 12.6. The number of hydrogen-bond acceptors (Lipinski definition) is 5. The average Bonchev–Trinajstić information content (AvgIpc) is 3.34. The van der Waals surface area contributed by atoms with Crippen molar-refractivity contribution in [1.82, 2.24) is 5.32 Å². The molecule has 0 spiro atoms. The summed E-state index contributed by atoms with van der Waals surface area (Å²) in [6.07, 6.45) is 5.23. The highest BCUT2D eigenvalue weighted by atomic mass is 32.2. The average molecular weight is 538 g/mol. The Bertz CT molecular complexity index is 1340. The van der Waals surface area contributed by atoms with E-state index in [1.54, 1.807) is 36.4 Å². The summed E-state index contributed by atoms with van der Waals surface area (Å²) in [7, 11) is -3.67. The summed E-state index contributed by atoms with van der Waals surface area (Å²) < 4.78 is 33.5. The molecule has 2 N–H and O–H groups in total. The highest BCUT2D eigenvalue weighted by Gasteiger charge is 2.30. The van der Waals surface area contributed by atoms with E-state index in [0.717, 1.165) is 29.8 Å². The van der Waals surface area contributed by atoms with Crippen molar-refractivity contribution >= 4 is 44.6 Å². The number of nitrogens with zero attached hydrogens (tertiary/aromatic N) is 1. The van der Waals surface area contributed by atoms with Crippen LogP contribution in [0.2, 0.25) is 0 Å². The largest absolute Gasteiger partial charge is 0.494 e. The van der Waals surface area contributed by atoms with Crippen LogP contribution in [-0.2, 0) is 16.4 Å². The molecule has 1 aliphatic heterocycles. The van der Waals surface area contributed by atoms with E-state index < -0.39 is 10.0 Å². The first-order valence-corrected chi connectivity index (χ1v) is 14.3. The van der Waals surface area contributed by atoms with Gasteiger partial charge in [0.1, 0.15) is 5.75 Å². The summed E-state index contributed by atoms with van der Waals surface area (Å²) >= 11 is 5.27. The van der Waals surface area contributed by atoms with Gasteiger partial charge in [-0.1, -0.05) is 44.4 Å². The molecule has 0 fully saturated rings. The van der Waals surface area contributed by atoms with Gasteiger partial charge in [0.2, 0.25) is 0 Å². The lowest BCUT2D eigenvalue weighted by Gasteiger charge is -2.19. The fourth-order valence-electron chi connectivity index (χ4n) is 4.15. The number of fused-ring (bicyclic) bond motifs is 1. The van der Waals surface area contributed by atoms with E-state index in [2.05, 4.69) is 17.6 Å². The van der Waals surface area contributed by atoms with Crippen molar-refractivity contribution in [2.75, 3.05) is 22.8 Å². The van der Waals surface area contributed by atoms with Crippen molar-refractivity contribution in [3.05, 3.63) is 83.9 Å². The summed E-state index contributed by atoms with van der Waals surface area (Å²) in [6.45, 7) is 3.25. The van der Waals surface area contributed by atoms with Gasteiger partial charge in [-0.05, 0) is 85.2 Å². The van der Waals surface area contributed by atoms with E-state index in [1.165, 1.54) is 29.3 Å². The van der Waals surface area contributed by atoms with Crippen LogP contribution in [0.4, 0.5) is 11.4 Å². The number of sulfonamides is 1. The smallest absolute Gasteiger partial charge is 0.264 e. The zero-order valence-electron chi connectivity index (χ0n) is 20.8. The zero-order chi connectivity index (χ0) is 26.3. The molecule has 0 saturated heterocycles. The molecule has 0 saturated carbocycles. The third kappa shape index (κ3) is 6.67. The molecule has 3 aromatic carbocycles. The van der Waals surface area contributed by atoms with E-state index >= 15 is 0 Å². The first-order chi connectivity index (χ1) is 17.9. The van der Waals surface area contributed by atoms with Crippen LogP contribution < -0.4 is 19.7 Å². The predicted molar refractivity (Wildman–Crippen MR) is 151 cm³/mol. The second kappa shape index (κ2) is 12.2. The van der Waals surface area contributed by atoms with E-state index in [4.69, 9.17) is 17.0 Å². The number of thiocarbonyl (C=S) groups is 1. The molecule has 7 nitrogen and oxygen atoms in total. The zero-order valence-corrected chi connectivity index (χ0v) is 22.4. The van der Waals surface area contributed by atoms with Crippen molar-refractivity contribution in [2.45, 2.75) is 43.9 Å². The first kappa shape index (κ1) is 26.6. The minimum absolute atomic E-state index is 0.116. The van der Waals surface area contributed by atoms with Crippen LogP contribution in [0.5, 0.6) is 5.75 Å². The van der Waals surface area contributed by atoms with Gasteiger partial charge in [0.25, 0.3) is 15.9 Å². The summed E-state index contributed by atoms with van der Waals surface area (Å²) in [6, 6.07) is 20.8. The van der Waals surface area contributed by atoms with Crippen LogP contribution in [0.15, 0.2) is 77.7 Å². The van der Waals surface area contributed by atoms with E-state index in [-0.39, 0.29) is 15.9 Å². The number of unbranched alkanes of at least 4 members (excludes halogenated alkanes) is 3. The van der Waals surface area contributed by atoms with Crippen LogP contribution in [0.3, 0.4) is 0 Å². The Morgan fingerprint density at radius 2 is 1.70 bits per heavy atom. The van der Waals surface area contributed by atoms with Crippen molar-refractivity contribution in [1.29, 1.82) is 0 Å². The lowest BCUT2D eigenvalue weighted by molar-refractivity contribution is 0.0977. The van der Waals surface area contributed by atoms with Crippen molar-refractivity contribution < 1.29 is 17.9 Å². The second-order valence-electron chi connectivity index (χ2n) is 8.82. The molecule has 0 radical (unpaired) electrons. The monoisotopic (exact) mass is 537 g/mol. The molecule has 194 valence electrons. The molecule has 3 aromatic rings. The van der Waals surface area contributed by atoms with Crippen LogP contribution in [0.1, 0.15) is 48.5 Å². The highest BCUT2D eigenvalue weighted by molar-refractivity contribution is 7.92. The van der Waals surface area contributed by atoms with E-state index in [9.17, 15) is 13.2 Å². The number of rotatable bonds is 10. The quantitative estimate of drug-likeness (QED) is 0.261. The van der Waals surface area contributed by atoms with E-state index in [0.29, 0.717) is 30.8 Å². The molecule has 0 aliphatic carbocycles. The third-order valence-electron chi connectivity index (χ3n) is 6.15. The molecular weight excluding hydrogens is 506 g/mol. The Hall–Kier alpha value is -3.43. The lowest BCUT2D eigenvalue weighted by Crippen LogP contribution is -2.34. The maximum Gasteiger partial charge on any atom is 0.264 e. The summed E-state index contributed by atoms with van der Waals surface area (Å²) in [5.41, 5.74) is 2.77. The van der Waals surface area contributed by atoms with Gasteiger partial charge in [0, 0.05) is 17.8 Å². The van der Waals surface area contributed by atoms with Gasteiger partial charge in [-0.25, -0.2) is 8.42 Å². The standard InChI is InChI=1S/C28H31N3O4S2/c1-2-3-4-7-20-35-24-14-10-22(11-15-24)27(32)30-28(36)29-23-12-16-25(17-13-23)37(33,34)31-19-18-21-8-5-6-9-26(21)31/h5-6,8-17H,2-4,7,18-20H2,1H3,(H2,29,30,32,36). The number of para-hydroxylation sites is 1. The Kier molecular flexibility index (Phi) is 8.78. The van der Waals surface area contributed by atoms with Crippen molar-refractivity contribution in [3.63, 3.8) is 0 Å². The molecule has 0 bridgehead atoms. The third-order valence-corrected chi connectivity index (χ3v) is 8.19. The van der Waals surface area contributed by atoms with Crippen LogP contribution >= 0.6 is 12.2 Å². The van der Waals surface area contributed by atoms with Crippen LogP contribution in [-0.4, -0.2) is 32.6 Å². The van der Waals surface area contributed by atoms with Gasteiger partial charge in [-0.2, -0.15) is 0 Å². The highest BCUT2D eigenvalue weighted by Crippen LogP contribution is 2.32. The molecule has 0 unspecified atom stereocenters. The lowest BCUT2D eigenvalue weighted by atomic mass is 10.2. The maximum atomic E-state index is 13.2. The van der Waals surface area contributed by atoms with Gasteiger partial charge < -0.3 is 10.1 Å². The number of carbonyl (C=O) groups is 1. The molecule has 1 aliphatic rings. The topological polar surface area (TPSA) is 87.7 Å². The Balaban J connectivity index is 1.30. The SMILES string of the molecule is CCCCCCOc1ccc(C(=O)NC(=S)Nc2ccc(S(=O)(=O)N3CCc4ccccc43)cc2)cc1. The van der Waals surface area contributed by atoms with Gasteiger partial charge >= 0.3 is 0 Å². The number of anilines is 2. The van der Waals surface area contributed by atoms with Gasteiger partial charge in [0.05, 0.1) is 17.2 Å². The predicted octanol–water partition coefficient (Wildman–Crippen LogP) is 5.52. The molecular formula is C28H31N3O4S2. The van der Waals surface area contributed by atoms with Gasteiger partial charge in [-0.15, -0.1) is 0 Å². The molecule has 37 heavy (non-hydrogen) atoms. The molecule has 1 heterocycles. The van der Waals surface area contributed by atoms with Crippen molar-refractivity contribution in [3.8, 4) is 5.75 Å². The molecule has 9 heteroatoms. The summed E-state index contributed by atoms with van der Waals surface area (Å²) in [5, 5.41) is 5.69. The van der Waals surface area contributed by atoms with E-state index in [1.807, 2.05) is 24.3 Å². The molecule has 4 rings (SSSR count). The number of amides is 1. The molecule has 0 atom stereocenters. The summed E-state index contributed by atoms with van der Waals surface area (Å²) in [4.78, 5) is 12.7. The van der Waals surface area contributed by atoms with Crippen molar-refractivity contribution in [2.24, 2.45) is 0 Å². The summed E-state index contributed by atoms with van der Waals surface area (Å²) in [5.74, 6) is 0.375. The Morgan fingerprint density at radius 3 is 2.43 bits per heavy atom. The number of carbonyl (C=O) groups excluding carboxylic acids is 1. The first-order valence-electron chi connectivity index (χ1n) is 12.4. The minimum Gasteiger partial charge on any atom is -0.494 e. The minimum atomic E-state index is -3.67. The van der Waals surface area contributed by atoms with Crippen LogP contribution in [0.25, 0.3) is 0 Å². The maximum absolute atomic E-state index is 13.2.